The Morgan fingerprint density at radius 2 is 2.05 bits per heavy atom. The number of hydrogen-bond acceptors (Lipinski definition) is 4. The van der Waals surface area contributed by atoms with Crippen molar-refractivity contribution in [3.8, 4) is 0 Å². The zero-order chi connectivity index (χ0) is 16.0. The molecule has 21 heavy (non-hydrogen) atoms. The molecular weight excluding hydrogens is 272 g/mol. The standard InChI is InChI=1S/C12H18N2O4.C3H8/c1-7-4-10(18-9(7)6-17-3)14-5-8(2)11(15)13-12(14)16;1-3-2/h5,7,9-10H,4,6H2,1-3H3,(H,13,15,16);3H2,1-2H3/t7-,9+,10+;/m0./s1. The molecule has 1 fully saturated rings. The van der Waals surface area contributed by atoms with Crippen molar-refractivity contribution in [2.45, 2.75) is 52.9 Å². The molecule has 2 heterocycles. The van der Waals surface area contributed by atoms with Crippen molar-refractivity contribution < 1.29 is 9.47 Å². The second-order valence-corrected chi connectivity index (χ2v) is 5.48. The lowest BCUT2D eigenvalue weighted by atomic mass is 10.0. The molecule has 3 atom stereocenters. The minimum absolute atomic E-state index is 0.0147. The van der Waals surface area contributed by atoms with Crippen LogP contribution in [-0.4, -0.2) is 29.4 Å². The van der Waals surface area contributed by atoms with Crippen molar-refractivity contribution >= 4 is 0 Å². The van der Waals surface area contributed by atoms with Gasteiger partial charge in [-0.25, -0.2) is 4.79 Å². The lowest BCUT2D eigenvalue weighted by Gasteiger charge is -2.16. The lowest BCUT2D eigenvalue weighted by Crippen LogP contribution is -2.33. The van der Waals surface area contributed by atoms with Gasteiger partial charge in [-0.15, -0.1) is 0 Å². The number of aromatic nitrogens is 2. The Morgan fingerprint density at radius 3 is 2.62 bits per heavy atom. The van der Waals surface area contributed by atoms with Crippen LogP contribution in [0.5, 0.6) is 0 Å². The van der Waals surface area contributed by atoms with Crippen molar-refractivity contribution in [1.29, 1.82) is 0 Å². The van der Waals surface area contributed by atoms with Crippen LogP contribution in [0.2, 0.25) is 0 Å². The maximum Gasteiger partial charge on any atom is 0.330 e. The molecule has 0 amide bonds. The molecular formula is C15H26N2O4. The summed E-state index contributed by atoms with van der Waals surface area (Å²) in [4.78, 5) is 25.3. The van der Waals surface area contributed by atoms with Gasteiger partial charge in [-0.05, 0) is 19.3 Å². The SMILES string of the molecule is CCC.COC[C@H]1O[C@@H](n2cc(C)c(=O)[nH]c2=O)C[C@@H]1C. The van der Waals surface area contributed by atoms with E-state index in [9.17, 15) is 9.59 Å². The third-order valence-corrected chi connectivity index (χ3v) is 3.33. The molecule has 0 aromatic carbocycles. The highest BCUT2D eigenvalue weighted by Gasteiger charge is 2.33. The van der Waals surface area contributed by atoms with E-state index >= 15 is 0 Å². The monoisotopic (exact) mass is 298 g/mol. The van der Waals surface area contributed by atoms with Crippen LogP contribution in [0.3, 0.4) is 0 Å². The number of nitrogens with zero attached hydrogens (tertiary/aromatic N) is 1. The van der Waals surface area contributed by atoms with Crippen LogP contribution in [0.25, 0.3) is 0 Å². The van der Waals surface area contributed by atoms with E-state index in [-0.39, 0.29) is 17.9 Å². The van der Waals surface area contributed by atoms with E-state index in [0.717, 1.165) is 6.42 Å². The maximum atomic E-state index is 11.7. The van der Waals surface area contributed by atoms with Crippen molar-refractivity contribution in [1.82, 2.24) is 9.55 Å². The summed E-state index contributed by atoms with van der Waals surface area (Å²) in [5.41, 5.74) is -0.280. The summed E-state index contributed by atoms with van der Waals surface area (Å²) >= 11 is 0. The van der Waals surface area contributed by atoms with E-state index in [0.29, 0.717) is 18.1 Å². The fourth-order valence-electron chi connectivity index (χ4n) is 2.21. The number of aromatic amines is 1. The van der Waals surface area contributed by atoms with E-state index in [2.05, 4.69) is 25.8 Å². The first-order chi connectivity index (χ1) is 9.94. The first-order valence-electron chi connectivity index (χ1n) is 7.40. The van der Waals surface area contributed by atoms with Crippen LogP contribution in [0.4, 0.5) is 0 Å². The third-order valence-electron chi connectivity index (χ3n) is 3.33. The molecule has 2 rings (SSSR count). The minimum atomic E-state index is -0.430. The summed E-state index contributed by atoms with van der Waals surface area (Å²) in [5, 5.41) is 0. The van der Waals surface area contributed by atoms with Crippen LogP contribution in [0.1, 0.15) is 45.4 Å². The van der Waals surface area contributed by atoms with Gasteiger partial charge in [0.1, 0.15) is 6.23 Å². The Morgan fingerprint density at radius 1 is 1.43 bits per heavy atom. The summed E-state index contributed by atoms with van der Waals surface area (Å²) in [5.74, 6) is 0.314. The third kappa shape index (κ3) is 4.54. The molecule has 1 aromatic heterocycles. The summed E-state index contributed by atoms with van der Waals surface area (Å²) in [6.07, 6.45) is 3.19. The predicted octanol–water partition coefficient (Wildman–Crippen LogP) is 1.83. The molecule has 1 N–H and O–H groups in total. The second-order valence-electron chi connectivity index (χ2n) is 5.48. The Labute approximate surface area is 125 Å². The fraction of sp³-hybridized carbons (Fsp3) is 0.733. The fourth-order valence-corrected chi connectivity index (χ4v) is 2.21. The van der Waals surface area contributed by atoms with Gasteiger partial charge in [0.05, 0.1) is 12.7 Å². The first kappa shape index (κ1) is 17.7. The highest BCUT2D eigenvalue weighted by Crippen LogP contribution is 2.32. The summed E-state index contributed by atoms with van der Waals surface area (Å²) in [6, 6.07) is 0. The van der Waals surface area contributed by atoms with Crippen molar-refractivity contribution in [3.05, 3.63) is 32.6 Å². The van der Waals surface area contributed by atoms with E-state index in [4.69, 9.17) is 9.47 Å². The normalized spacial score (nSPS) is 24.5. The molecule has 1 aliphatic rings. The van der Waals surface area contributed by atoms with Gasteiger partial charge in [0, 0.05) is 18.9 Å². The van der Waals surface area contributed by atoms with Gasteiger partial charge in [-0.3, -0.25) is 14.3 Å². The maximum absolute atomic E-state index is 11.7. The van der Waals surface area contributed by atoms with Gasteiger partial charge < -0.3 is 9.47 Å². The number of methoxy groups -OCH3 is 1. The number of rotatable bonds is 3. The molecule has 6 heteroatoms. The van der Waals surface area contributed by atoms with Gasteiger partial charge in [-0.1, -0.05) is 27.2 Å². The largest absolute Gasteiger partial charge is 0.382 e. The quantitative estimate of drug-likeness (QED) is 0.924. The highest BCUT2D eigenvalue weighted by atomic mass is 16.5. The number of hydrogen-bond donors (Lipinski definition) is 1. The number of aryl methyl sites for hydroxylation is 1. The minimum Gasteiger partial charge on any atom is -0.382 e. The molecule has 6 nitrogen and oxygen atoms in total. The molecule has 0 bridgehead atoms. The molecule has 0 unspecified atom stereocenters. The van der Waals surface area contributed by atoms with E-state index < -0.39 is 5.69 Å². The van der Waals surface area contributed by atoms with E-state index in [1.807, 2.05) is 0 Å². The van der Waals surface area contributed by atoms with Crippen molar-refractivity contribution in [3.63, 3.8) is 0 Å². The molecule has 1 aliphatic heterocycles. The van der Waals surface area contributed by atoms with Crippen LogP contribution in [0, 0.1) is 12.8 Å². The number of nitrogens with one attached hydrogen (secondary N) is 1. The zero-order valence-corrected chi connectivity index (χ0v) is 13.5. The van der Waals surface area contributed by atoms with Gasteiger partial charge >= 0.3 is 5.69 Å². The molecule has 1 aromatic rings. The van der Waals surface area contributed by atoms with Crippen molar-refractivity contribution in [2.75, 3.05) is 13.7 Å². The summed E-state index contributed by atoms with van der Waals surface area (Å²) < 4.78 is 12.3. The van der Waals surface area contributed by atoms with Crippen LogP contribution in [0.15, 0.2) is 15.8 Å². The lowest BCUT2D eigenvalue weighted by molar-refractivity contribution is -0.0405. The Bertz CT molecular complexity index is 549. The molecule has 0 radical (unpaired) electrons. The van der Waals surface area contributed by atoms with Crippen LogP contribution >= 0.6 is 0 Å². The molecule has 1 saturated heterocycles. The smallest absolute Gasteiger partial charge is 0.330 e. The molecule has 120 valence electrons. The number of H-pyrrole nitrogens is 1. The average Bonchev–Trinajstić information content (AvgIpc) is 2.77. The van der Waals surface area contributed by atoms with Gasteiger partial charge in [-0.2, -0.15) is 0 Å². The summed E-state index contributed by atoms with van der Waals surface area (Å²) in [7, 11) is 1.62. The van der Waals surface area contributed by atoms with Gasteiger partial charge in [0.2, 0.25) is 0 Å². The molecule has 0 aliphatic carbocycles. The van der Waals surface area contributed by atoms with Crippen LogP contribution in [-0.2, 0) is 9.47 Å². The molecule has 0 saturated carbocycles. The predicted molar refractivity (Wildman–Crippen MR) is 81.6 cm³/mol. The van der Waals surface area contributed by atoms with Gasteiger partial charge in [0.15, 0.2) is 0 Å². The molecule has 0 spiro atoms. The Balaban J connectivity index is 0.000000677. The van der Waals surface area contributed by atoms with Crippen molar-refractivity contribution in [2.24, 2.45) is 5.92 Å². The number of ether oxygens (including phenoxy) is 2. The van der Waals surface area contributed by atoms with Crippen LogP contribution < -0.4 is 11.2 Å². The average molecular weight is 298 g/mol. The van der Waals surface area contributed by atoms with E-state index in [1.165, 1.54) is 11.0 Å². The highest BCUT2D eigenvalue weighted by molar-refractivity contribution is 5.01. The Kier molecular flexibility index (Phi) is 6.84. The zero-order valence-electron chi connectivity index (χ0n) is 13.5. The second kappa shape index (κ2) is 8.14. The Hall–Kier alpha value is -1.40. The van der Waals surface area contributed by atoms with Gasteiger partial charge in [0.25, 0.3) is 5.56 Å². The topological polar surface area (TPSA) is 73.3 Å². The van der Waals surface area contributed by atoms with E-state index in [1.54, 1.807) is 20.2 Å². The summed E-state index contributed by atoms with van der Waals surface area (Å²) in [6.45, 7) is 8.49. The first-order valence-corrected chi connectivity index (χ1v) is 7.40.